The highest BCUT2D eigenvalue weighted by Crippen LogP contribution is 2.29. The van der Waals surface area contributed by atoms with E-state index in [1.165, 1.54) is 12.4 Å². The average molecular weight is 973 g/mol. The maximum Gasteiger partial charge on any atom is 0.311 e. The zero-order valence-corrected chi connectivity index (χ0v) is 41.1. The monoisotopic (exact) mass is 973 g/mol. The highest BCUT2D eigenvalue weighted by Gasteiger charge is 2.11. The first-order valence-electron chi connectivity index (χ1n) is 24.4. The summed E-state index contributed by atoms with van der Waals surface area (Å²) in [7, 11) is 3.21. The van der Waals surface area contributed by atoms with Gasteiger partial charge in [-0.25, -0.2) is 15.0 Å². The van der Waals surface area contributed by atoms with Crippen molar-refractivity contribution in [1.82, 2.24) is 15.0 Å². The van der Waals surface area contributed by atoms with E-state index in [2.05, 4.69) is 30.9 Å². The van der Waals surface area contributed by atoms with E-state index in [9.17, 15) is 19.2 Å². The van der Waals surface area contributed by atoms with Crippen molar-refractivity contribution in [3.63, 3.8) is 0 Å². The van der Waals surface area contributed by atoms with Crippen LogP contribution in [0.3, 0.4) is 0 Å². The average Bonchev–Trinajstić information content (AvgIpc) is 3.34. The van der Waals surface area contributed by atoms with Crippen molar-refractivity contribution in [3.05, 3.63) is 78.8 Å². The number of esters is 4. The molecule has 18 nitrogen and oxygen atoms in total. The lowest BCUT2D eigenvalue weighted by Crippen LogP contribution is -2.12. The Balaban J connectivity index is 1.16. The summed E-state index contributed by atoms with van der Waals surface area (Å²) in [6.07, 6.45) is 16.7. The number of benzene rings is 1. The molecule has 0 aliphatic carbocycles. The lowest BCUT2D eigenvalue weighted by atomic mass is 10.1. The minimum atomic E-state index is -0.319. The van der Waals surface area contributed by atoms with Crippen molar-refractivity contribution >= 4 is 58.4 Å². The summed E-state index contributed by atoms with van der Waals surface area (Å²) in [5.74, 6) is 1.38. The minimum absolute atomic E-state index is 0.212. The molecule has 18 heteroatoms. The number of hydrogen-bond donors (Lipinski definition) is 3. The number of hydrogen-bond acceptors (Lipinski definition) is 18. The van der Waals surface area contributed by atoms with Gasteiger partial charge in [-0.2, -0.15) is 0 Å². The fourth-order valence-corrected chi connectivity index (χ4v) is 6.78. The van der Waals surface area contributed by atoms with Crippen molar-refractivity contribution in [3.8, 4) is 11.5 Å². The Labute approximate surface area is 412 Å². The van der Waals surface area contributed by atoms with Gasteiger partial charge in [0, 0.05) is 63.2 Å². The zero-order valence-electron chi connectivity index (χ0n) is 41.1. The number of rotatable bonds is 38. The van der Waals surface area contributed by atoms with Crippen LogP contribution in [0.5, 0.6) is 11.5 Å². The largest absolute Gasteiger partial charge is 0.463 e. The number of aryl methyl sites for hydroxylation is 1. The Hall–Kier alpha value is -6.21. The predicted octanol–water partition coefficient (Wildman–Crippen LogP) is 9.88. The minimum Gasteiger partial charge on any atom is -0.463 e. The summed E-state index contributed by atoms with van der Waals surface area (Å²) in [6, 6.07) is 16.5. The van der Waals surface area contributed by atoms with Crippen LogP contribution >= 0.6 is 0 Å². The topological polar surface area (TPSA) is 217 Å². The molecule has 3 heterocycles. The Morgan fingerprint density at radius 1 is 0.414 bits per heavy atom. The van der Waals surface area contributed by atoms with Gasteiger partial charge >= 0.3 is 23.9 Å². The molecular formula is C52H72N6O12. The summed E-state index contributed by atoms with van der Waals surface area (Å²) in [5.41, 5.74) is 3.20. The summed E-state index contributed by atoms with van der Waals surface area (Å²) in [6.45, 7) is 5.18. The molecule has 4 aromatic rings. The van der Waals surface area contributed by atoms with Gasteiger partial charge in [0.15, 0.2) is 0 Å². The molecule has 0 aliphatic heterocycles. The van der Waals surface area contributed by atoms with E-state index in [0.29, 0.717) is 118 Å². The molecule has 1 aromatic carbocycles. The Morgan fingerprint density at radius 3 is 1.10 bits per heavy atom. The maximum absolute atomic E-state index is 12.6. The van der Waals surface area contributed by atoms with E-state index in [-0.39, 0.29) is 37.1 Å². The molecule has 4 rings (SSSR count). The van der Waals surface area contributed by atoms with E-state index < -0.39 is 0 Å². The van der Waals surface area contributed by atoms with Crippen LogP contribution < -0.4 is 25.4 Å². The van der Waals surface area contributed by atoms with Gasteiger partial charge in [-0.05, 0) is 86.7 Å². The summed E-state index contributed by atoms with van der Waals surface area (Å²) < 4.78 is 41.8. The Kier molecular flexibility index (Phi) is 28.2. The molecule has 0 saturated heterocycles. The first-order chi connectivity index (χ1) is 34.2. The Bertz CT molecular complexity index is 1970. The number of unbranched alkanes of at least 4 members (excludes halogenated alkanes) is 10. The van der Waals surface area contributed by atoms with Gasteiger partial charge in [-0.1, -0.05) is 57.4 Å². The van der Waals surface area contributed by atoms with Crippen LogP contribution in [0, 0.1) is 6.92 Å². The third-order valence-electron chi connectivity index (χ3n) is 10.5. The molecule has 3 N–H and O–H groups in total. The van der Waals surface area contributed by atoms with Gasteiger partial charge in [0.05, 0.1) is 52.0 Å². The van der Waals surface area contributed by atoms with Crippen molar-refractivity contribution in [1.29, 1.82) is 0 Å². The number of aromatic nitrogens is 3. The van der Waals surface area contributed by atoms with E-state index in [1.54, 1.807) is 44.7 Å². The van der Waals surface area contributed by atoms with Crippen molar-refractivity contribution in [2.75, 3.05) is 83.0 Å². The van der Waals surface area contributed by atoms with Crippen LogP contribution in [-0.2, 0) is 47.6 Å². The molecule has 0 atom stereocenters. The maximum atomic E-state index is 12.6. The number of pyridine rings is 3. The molecule has 0 bridgehead atoms. The summed E-state index contributed by atoms with van der Waals surface area (Å²) >= 11 is 0. The number of nitrogens with zero attached hydrogens (tertiary/aromatic N) is 3. The second kappa shape index (κ2) is 35.0. The molecule has 0 saturated carbocycles. The van der Waals surface area contributed by atoms with Crippen LogP contribution in [0.25, 0.3) is 0 Å². The van der Waals surface area contributed by atoms with E-state index >= 15 is 0 Å². The number of anilines is 6. The number of methoxy groups -OCH3 is 2. The fraction of sp³-hybridized carbons (Fsp3) is 0.519. The number of ether oxygens (including phenoxy) is 8. The fourth-order valence-electron chi connectivity index (χ4n) is 6.78. The highest BCUT2D eigenvalue weighted by molar-refractivity contribution is 5.76. The SMILES string of the molecule is COCCOCCOC(=O)CCCCCCCCC(=O)Oc1ccc(Nc2cc(Nc3ccc(C)cn3)cc(Nc3ccc(OC(=O)CCCCCCCCC(=O)OCCOCCOC)cn3)c2)nc1. The summed E-state index contributed by atoms with van der Waals surface area (Å²) in [5, 5.41) is 10.0. The van der Waals surface area contributed by atoms with Crippen LogP contribution in [0.15, 0.2) is 73.2 Å². The van der Waals surface area contributed by atoms with Gasteiger partial charge in [0.1, 0.15) is 42.2 Å². The van der Waals surface area contributed by atoms with Crippen molar-refractivity contribution in [2.45, 2.75) is 110 Å². The second-order valence-corrected chi connectivity index (χ2v) is 16.5. The molecule has 0 aliphatic rings. The standard InChI is InChI=1S/C52H72N6O12/c1-40-20-23-46(53-37-40)56-41-34-42(57-47-24-21-44(38-54-47)69-51(61)18-14-10-6-4-8-12-16-49(59)67-32-30-65-28-26-63-2)36-43(35-41)58-48-25-22-45(39-55-48)70-52(62)19-15-11-7-5-9-13-17-50(60)68-33-31-66-29-27-64-3/h20-25,34-39H,4-19,26-33H2,1-3H3,(H,53,56)(H,54,57)(H,55,58). The van der Waals surface area contributed by atoms with Crippen molar-refractivity contribution in [2.24, 2.45) is 0 Å². The normalized spacial score (nSPS) is 10.9. The van der Waals surface area contributed by atoms with E-state index in [4.69, 9.17) is 37.9 Å². The van der Waals surface area contributed by atoms with Gasteiger partial charge in [0.25, 0.3) is 0 Å². The molecule has 0 spiro atoms. The van der Waals surface area contributed by atoms with Crippen LogP contribution in [-0.4, -0.2) is 106 Å². The molecule has 382 valence electrons. The molecule has 0 fully saturated rings. The van der Waals surface area contributed by atoms with Gasteiger partial charge in [0.2, 0.25) is 0 Å². The van der Waals surface area contributed by atoms with Crippen LogP contribution in [0.4, 0.5) is 34.5 Å². The molecule has 0 unspecified atom stereocenters. The smallest absolute Gasteiger partial charge is 0.311 e. The van der Waals surface area contributed by atoms with Gasteiger partial charge in [-0.3, -0.25) is 19.2 Å². The van der Waals surface area contributed by atoms with Gasteiger partial charge in [-0.15, -0.1) is 0 Å². The lowest BCUT2D eigenvalue weighted by Gasteiger charge is -2.14. The van der Waals surface area contributed by atoms with Crippen LogP contribution in [0.1, 0.15) is 108 Å². The molecular weight excluding hydrogens is 901 g/mol. The number of carbonyl (C=O) groups excluding carboxylic acids is 4. The van der Waals surface area contributed by atoms with Crippen molar-refractivity contribution < 1.29 is 57.1 Å². The third-order valence-corrected chi connectivity index (χ3v) is 10.5. The lowest BCUT2D eigenvalue weighted by molar-refractivity contribution is -0.146. The quantitative estimate of drug-likeness (QED) is 0.0281. The molecule has 0 radical (unpaired) electrons. The first kappa shape index (κ1) is 56.4. The van der Waals surface area contributed by atoms with Gasteiger partial charge < -0.3 is 53.8 Å². The highest BCUT2D eigenvalue weighted by atomic mass is 16.6. The number of carbonyl (C=O) groups is 4. The molecule has 3 aromatic heterocycles. The predicted molar refractivity (Wildman–Crippen MR) is 266 cm³/mol. The number of nitrogens with one attached hydrogen (secondary N) is 3. The third kappa shape index (κ3) is 26.0. The van der Waals surface area contributed by atoms with E-state index in [0.717, 1.165) is 75.5 Å². The molecule has 0 amide bonds. The van der Waals surface area contributed by atoms with Crippen LogP contribution in [0.2, 0.25) is 0 Å². The second-order valence-electron chi connectivity index (χ2n) is 16.5. The van der Waals surface area contributed by atoms with E-state index in [1.807, 2.05) is 37.3 Å². The molecule has 70 heavy (non-hydrogen) atoms. The first-order valence-corrected chi connectivity index (χ1v) is 24.4. The summed E-state index contributed by atoms with van der Waals surface area (Å²) in [4.78, 5) is 62.3. The zero-order chi connectivity index (χ0) is 49.9. The Morgan fingerprint density at radius 2 is 0.757 bits per heavy atom.